The van der Waals surface area contributed by atoms with E-state index in [9.17, 15) is 18.0 Å². The van der Waals surface area contributed by atoms with Crippen LogP contribution in [-0.2, 0) is 28.9 Å². The second-order valence-corrected chi connectivity index (χ2v) is 5.48. The SMILES string of the molecule is CCCCOC(=O)CS(=O)(=O)CC(=O)OCC. The predicted molar refractivity (Wildman–Crippen MR) is 61.2 cm³/mol. The van der Waals surface area contributed by atoms with Gasteiger partial charge in [0.1, 0.15) is 11.5 Å². The summed E-state index contributed by atoms with van der Waals surface area (Å²) in [6, 6.07) is 0. The van der Waals surface area contributed by atoms with Crippen molar-refractivity contribution >= 4 is 21.8 Å². The van der Waals surface area contributed by atoms with Crippen molar-refractivity contribution in [3.63, 3.8) is 0 Å². The summed E-state index contributed by atoms with van der Waals surface area (Å²) in [5, 5.41) is 0. The summed E-state index contributed by atoms with van der Waals surface area (Å²) < 4.78 is 31.9. The number of sulfone groups is 1. The molecule has 100 valence electrons. The standard InChI is InChI=1S/C10H18O6S/c1-3-5-6-16-10(12)8-17(13,14)7-9(11)15-4-2/h3-8H2,1-2H3. The molecular weight excluding hydrogens is 248 g/mol. The first-order valence-corrected chi connectivity index (χ1v) is 7.25. The van der Waals surface area contributed by atoms with Crippen molar-refractivity contribution in [3.05, 3.63) is 0 Å². The Labute approximate surface area is 101 Å². The fourth-order valence-electron chi connectivity index (χ4n) is 0.985. The first-order chi connectivity index (χ1) is 7.91. The Hall–Kier alpha value is -1.11. The van der Waals surface area contributed by atoms with Gasteiger partial charge in [-0.25, -0.2) is 8.42 Å². The summed E-state index contributed by atoms with van der Waals surface area (Å²) in [6.45, 7) is 3.80. The molecule has 0 heterocycles. The maximum absolute atomic E-state index is 11.4. The van der Waals surface area contributed by atoms with Crippen molar-refractivity contribution in [1.82, 2.24) is 0 Å². The van der Waals surface area contributed by atoms with Crippen molar-refractivity contribution in [2.45, 2.75) is 26.7 Å². The Balaban J connectivity index is 4.07. The van der Waals surface area contributed by atoms with E-state index < -0.39 is 33.3 Å². The first-order valence-electron chi connectivity index (χ1n) is 5.43. The smallest absolute Gasteiger partial charge is 0.321 e. The van der Waals surface area contributed by atoms with Crippen LogP contribution in [0.15, 0.2) is 0 Å². The molecule has 7 heteroatoms. The summed E-state index contributed by atoms with van der Waals surface area (Å²) in [6.07, 6.45) is 1.53. The van der Waals surface area contributed by atoms with Gasteiger partial charge in [0.25, 0.3) is 0 Å². The van der Waals surface area contributed by atoms with E-state index in [1.54, 1.807) is 6.92 Å². The summed E-state index contributed by atoms with van der Waals surface area (Å²) in [5.74, 6) is -3.25. The maximum Gasteiger partial charge on any atom is 0.321 e. The number of ether oxygens (including phenoxy) is 2. The average molecular weight is 266 g/mol. The van der Waals surface area contributed by atoms with E-state index in [2.05, 4.69) is 9.47 Å². The molecule has 0 fully saturated rings. The highest BCUT2D eigenvalue weighted by Crippen LogP contribution is 1.96. The third kappa shape index (κ3) is 8.67. The minimum Gasteiger partial charge on any atom is -0.465 e. The van der Waals surface area contributed by atoms with Crippen molar-refractivity contribution in [1.29, 1.82) is 0 Å². The van der Waals surface area contributed by atoms with E-state index in [-0.39, 0.29) is 13.2 Å². The molecule has 6 nitrogen and oxygen atoms in total. The Morgan fingerprint density at radius 1 is 1.00 bits per heavy atom. The molecule has 0 amide bonds. The number of carbonyl (C=O) groups is 2. The number of rotatable bonds is 8. The molecule has 0 atom stereocenters. The van der Waals surface area contributed by atoms with Gasteiger partial charge in [-0.1, -0.05) is 13.3 Å². The van der Waals surface area contributed by atoms with Gasteiger partial charge < -0.3 is 9.47 Å². The molecule has 0 rings (SSSR count). The van der Waals surface area contributed by atoms with Gasteiger partial charge in [0.15, 0.2) is 9.84 Å². The van der Waals surface area contributed by atoms with Gasteiger partial charge in [-0.2, -0.15) is 0 Å². The summed E-state index contributed by atoms with van der Waals surface area (Å²) in [4.78, 5) is 22.1. The number of unbranched alkanes of at least 4 members (excludes halogenated alkanes) is 1. The van der Waals surface area contributed by atoms with Crippen LogP contribution < -0.4 is 0 Å². The number of hydrogen-bond acceptors (Lipinski definition) is 6. The molecule has 0 bridgehead atoms. The van der Waals surface area contributed by atoms with E-state index in [1.807, 2.05) is 6.92 Å². The van der Waals surface area contributed by atoms with E-state index in [4.69, 9.17) is 0 Å². The Bertz CT molecular complexity index is 346. The molecule has 0 aliphatic heterocycles. The summed E-state index contributed by atoms with van der Waals surface area (Å²) >= 11 is 0. The van der Waals surface area contributed by atoms with Gasteiger partial charge in [-0.3, -0.25) is 9.59 Å². The summed E-state index contributed by atoms with van der Waals surface area (Å²) in [7, 11) is -3.79. The van der Waals surface area contributed by atoms with Gasteiger partial charge >= 0.3 is 11.9 Å². The highest BCUT2D eigenvalue weighted by atomic mass is 32.2. The quantitative estimate of drug-likeness (QED) is 0.464. The zero-order valence-corrected chi connectivity index (χ0v) is 10.9. The van der Waals surface area contributed by atoms with Gasteiger partial charge in [0.2, 0.25) is 0 Å². The minimum atomic E-state index is -3.79. The largest absolute Gasteiger partial charge is 0.465 e. The maximum atomic E-state index is 11.4. The molecule has 17 heavy (non-hydrogen) atoms. The van der Waals surface area contributed by atoms with Gasteiger partial charge in [0.05, 0.1) is 13.2 Å². The van der Waals surface area contributed by atoms with E-state index in [1.165, 1.54) is 0 Å². The van der Waals surface area contributed by atoms with Crippen LogP contribution in [0.3, 0.4) is 0 Å². The lowest BCUT2D eigenvalue weighted by atomic mass is 10.4. The van der Waals surface area contributed by atoms with Crippen LogP contribution in [-0.4, -0.2) is 45.1 Å². The Kier molecular flexibility index (Phi) is 7.53. The molecule has 0 unspecified atom stereocenters. The molecule has 0 radical (unpaired) electrons. The Morgan fingerprint density at radius 3 is 2.00 bits per heavy atom. The summed E-state index contributed by atoms with van der Waals surface area (Å²) in [5.41, 5.74) is 0. The topological polar surface area (TPSA) is 86.7 Å². The van der Waals surface area contributed by atoms with Crippen LogP contribution in [0.25, 0.3) is 0 Å². The van der Waals surface area contributed by atoms with E-state index in [0.29, 0.717) is 6.42 Å². The van der Waals surface area contributed by atoms with Crippen LogP contribution in [0.2, 0.25) is 0 Å². The number of esters is 2. The second kappa shape index (κ2) is 8.05. The predicted octanol–water partition coefficient (Wildman–Crippen LogP) is 0.308. The molecule has 0 N–H and O–H groups in total. The van der Waals surface area contributed by atoms with Gasteiger partial charge in [-0.15, -0.1) is 0 Å². The lowest BCUT2D eigenvalue weighted by molar-refractivity contribution is -0.140. The molecule has 0 aromatic heterocycles. The number of carbonyl (C=O) groups excluding carboxylic acids is 2. The zero-order chi connectivity index (χ0) is 13.3. The van der Waals surface area contributed by atoms with Gasteiger partial charge in [-0.05, 0) is 13.3 Å². The van der Waals surface area contributed by atoms with Crippen molar-refractivity contribution in [2.75, 3.05) is 24.7 Å². The zero-order valence-electron chi connectivity index (χ0n) is 10.1. The fraction of sp³-hybridized carbons (Fsp3) is 0.800. The van der Waals surface area contributed by atoms with Gasteiger partial charge in [0, 0.05) is 0 Å². The van der Waals surface area contributed by atoms with Crippen LogP contribution in [0.1, 0.15) is 26.7 Å². The van der Waals surface area contributed by atoms with E-state index in [0.717, 1.165) is 6.42 Å². The van der Waals surface area contributed by atoms with Crippen LogP contribution in [0.5, 0.6) is 0 Å². The van der Waals surface area contributed by atoms with Crippen molar-refractivity contribution < 1.29 is 27.5 Å². The molecule has 0 aliphatic carbocycles. The van der Waals surface area contributed by atoms with Crippen LogP contribution >= 0.6 is 0 Å². The van der Waals surface area contributed by atoms with E-state index >= 15 is 0 Å². The lowest BCUT2D eigenvalue weighted by Crippen LogP contribution is -2.26. The molecule has 0 aromatic rings. The third-order valence-corrected chi connectivity index (χ3v) is 3.09. The first kappa shape index (κ1) is 15.9. The second-order valence-electron chi connectivity index (χ2n) is 3.41. The third-order valence-electron chi connectivity index (χ3n) is 1.74. The molecule has 0 saturated carbocycles. The molecular formula is C10H18O6S. The number of hydrogen-bond donors (Lipinski definition) is 0. The van der Waals surface area contributed by atoms with Crippen LogP contribution in [0.4, 0.5) is 0 Å². The van der Waals surface area contributed by atoms with Crippen molar-refractivity contribution in [2.24, 2.45) is 0 Å². The molecule has 0 spiro atoms. The molecule has 0 saturated heterocycles. The molecule has 0 aliphatic rings. The lowest BCUT2D eigenvalue weighted by Gasteiger charge is -2.05. The molecule has 0 aromatic carbocycles. The highest BCUT2D eigenvalue weighted by molar-refractivity contribution is 7.92. The average Bonchev–Trinajstić information content (AvgIpc) is 2.16. The monoisotopic (exact) mass is 266 g/mol. The normalized spacial score (nSPS) is 10.9. The fourth-order valence-corrected chi connectivity index (χ4v) is 1.97. The highest BCUT2D eigenvalue weighted by Gasteiger charge is 2.22. The van der Waals surface area contributed by atoms with Crippen molar-refractivity contribution in [3.8, 4) is 0 Å². The minimum absolute atomic E-state index is 0.106. The van der Waals surface area contributed by atoms with Crippen LogP contribution in [0, 0.1) is 0 Å². The Morgan fingerprint density at radius 2 is 1.53 bits per heavy atom.